The predicted octanol–water partition coefficient (Wildman–Crippen LogP) is 1.76. The Morgan fingerprint density at radius 3 is 1.37 bits per heavy atom. The molecule has 2 rings (SSSR count). The molecule has 12 nitrogen and oxygen atoms in total. The summed E-state index contributed by atoms with van der Waals surface area (Å²) in [6, 6.07) is 13.8. The summed E-state index contributed by atoms with van der Waals surface area (Å²) in [6.45, 7) is -0.0298. The molecule has 35 heavy (non-hydrogen) atoms. The van der Waals surface area contributed by atoms with Crippen LogP contribution in [0.4, 0.5) is 0 Å². The Bertz CT molecular complexity index is 926. The maximum atomic E-state index is 10.4. The molecule has 0 amide bonds. The molecule has 6 N–H and O–H groups in total. The Labute approximate surface area is 201 Å². The fourth-order valence-corrected chi connectivity index (χ4v) is 2.62. The van der Waals surface area contributed by atoms with E-state index in [4.69, 9.17) is 31.2 Å². The third-order valence-corrected chi connectivity index (χ3v) is 4.33. The zero-order valence-corrected chi connectivity index (χ0v) is 19.0. The monoisotopic (exact) mass is 488 g/mol. The minimum atomic E-state index is -1.13. The summed E-state index contributed by atoms with van der Waals surface area (Å²) < 4.78 is 11.4. The molecule has 0 atom stereocenters. The van der Waals surface area contributed by atoms with Gasteiger partial charge in [-0.2, -0.15) is 0 Å². The maximum absolute atomic E-state index is 10.4. The zero-order chi connectivity index (χ0) is 25.5. The van der Waals surface area contributed by atoms with Gasteiger partial charge in [0.25, 0.3) is 0 Å². The molecular weight excluding hydrogens is 460 g/mol. The average Bonchev–Trinajstić information content (AvgIpc) is 2.83. The van der Waals surface area contributed by atoms with E-state index in [2.05, 4.69) is 20.0 Å². The minimum absolute atomic E-state index is 0.0776. The zero-order valence-electron chi connectivity index (χ0n) is 19.0. The fourth-order valence-electron chi connectivity index (χ4n) is 2.62. The van der Waals surface area contributed by atoms with Gasteiger partial charge in [-0.15, -0.1) is 0 Å². The Balaban J connectivity index is 1.61. The van der Waals surface area contributed by atoms with Gasteiger partial charge in [0.2, 0.25) is 13.2 Å². The van der Waals surface area contributed by atoms with E-state index in [9.17, 15) is 9.59 Å². The van der Waals surface area contributed by atoms with E-state index in [-0.39, 0.29) is 11.7 Å². The van der Waals surface area contributed by atoms with Gasteiger partial charge in [0, 0.05) is 11.1 Å². The van der Waals surface area contributed by atoms with Gasteiger partial charge in [-0.05, 0) is 67.8 Å². The number of hydrogen-bond donors (Lipinski definition) is 4. The number of unbranched alkanes of at least 4 members (excludes halogenated alkanes) is 2. The normalized spacial score (nSPS) is 11.5. The molecular formula is C23H28N4O8. The van der Waals surface area contributed by atoms with E-state index < -0.39 is 25.2 Å². The molecule has 0 heterocycles. The number of carboxylic acid groups (broad SMARTS) is 2. The van der Waals surface area contributed by atoms with Crippen LogP contribution in [0.25, 0.3) is 0 Å². The number of carbonyl (C=O) groups is 2. The van der Waals surface area contributed by atoms with E-state index in [0.717, 1.165) is 19.3 Å². The summed E-state index contributed by atoms with van der Waals surface area (Å²) in [6.07, 6.45) is 2.61. The van der Waals surface area contributed by atoms with Crippen LogP contribution in [0, 0.1) is 0 Å². The summed E-state index contributed by atoms with van der Waals surface area (Å²) >= 11 is 0. The SMILES string of the molecule is N/C(=N\OCC(=O)O)c1ccc(OCCCCCOc2ccc(/C(N)=N\OCC(=O)O)cc2)cc1. The van der Waals surface area contributed by atoms with Crippen molar-refractivity contribution in [1.29, 1.82) is 0 Å². The van der Waals surface area contributed by atoms with Crippen LogP contribution in [0.2, 0.25) is 0 Å². The summed E-state index contributed by atoms with van der Waals surface area (Å²) in [5.74, 6) is -0.750. The summed E-state index contributed by atoms with van der Waals surface area (Å²) in [5, 5.41) is 24.1. The summed E-state index contributed by atoms with van der Waals surface area (Å²) in [7, 11) is 0. The number of hydrogen-bond acceptors (Lipinski definition) is 8. The van der Waals surface area contributed by atoms with Crippen LogP contribution in [0.1, 0.15) is 30.4 Å². The molecule has 0 spiro atoms. The number of ether oxygens (including phenoxy) is 2. The number of nitrogens with two attached hydrogens (primary N) is 2. The number of aliphatic carboxylic acids is 2. The first-order chi connectivity index (χ1) is 16.8. The van der Waals surface area contributed by atoms with E-state index in [0.29, 0.717) is 35.8 Å². The van der Waals surface area contributed by atoms with Crippen LogP contribution in [0.15, 0.2) is 58.8 Å². The van der Waals surface area contributed by atoms with Crippen LogP contribution in [-0.2, 0) is 19.3 Å². The number of rotatable bonds is 16. The largest absolute Gasteiger partial charge is 0.494 e. The highest BCUT2D eigenvalue weighted by molar-refractivity contribution is 5.97. The number of nitrogens with zero attached hydrogens (tertiary/aromatic N) is 2. The summed E-state index contributed by atoms with van der Waals surface area (Å²) in [4.78, 5) is 30.0. The second-order valence-corrected chi connectivity index (χ2v) is 7.09. The lowest BCUT2D eigenvalue weighted by molar-refractivity contribution is -0.143. The highest BCUT2D eigenvalue weighted by Gasteiger charge is 2.04. The smallest absolute Gasteiger partial charge is 0.344 e. The minimum Gasteiger partial charge on any atom is -0.494 e. The molecule has 188 valence electrons. The van der Waals surface area contributed by atoms with Gasteiger partial charge < -0.3 is 40.8 Å². The van der Waals surface area contributed by atoms with Crippen LogP contribution in [0.5, 0.6) is 11.5 Å². The number of oxime groups is 2. The Morgan fingerprint density at radius 2 is 1.03 bits per heavy atom. The first kappa shape index (κ1) is 26.8. The van der Waals surface area contributed by atoms with E-state index in [1.165, 1.54) is 0 Å². The van der Waals surface area contributed by atoms with E-state index >= 15 is 0 Å². The fraction of sp³-hybridized carbons (Fsp3) is 0.304. The Kier molecular flexibility index (Phi) is 11.2. The Hall–Kier alpha value is -4.48. The van der Waals surface area contributed by atoms with Gasteiger partial charge in [-0.25, -0.2) is 9.59 Å². The summed E-state index contributed by atoms with van der Waals surface area (Å²) in [5.41, 5.74) is 12.7. The molecule has 0 aliphatic carbocycles. The molecule has 0 fully saturated rings. The lowest BCUT2D eigenvalue weighted by Crippen LogP contribution is -2.15. The van der Waals surface area contributed by atoms with Crippen molar-refractivity contribution in [3.63, 3.8) is 0 Å². The highest BCUT2D eigenvalue weighted by Crippen LogP contribution is 2.14. The van der Waals surface area contributed by atoms with Crippen molar-refractivity contribution in [3.8, 4) is 11.5 Å². The van der Waals surface area contributed by atoms with Gasteiger partial charge in [0.05, 0.1) is 13.2 Å². The van der Waals surface area contributed by atoms with Crippen LogP contribution in [-0.4, -0.2) is 60.3 Å². The quantitative estimate of drug-likeness (QED) is 0.117. The van der Waals surface area contributed by atoms with Gasteiger partial charge in [-0.3, -0.25) is 0 Å². The second-order valence-electron chi connectivity index (χ2n) is 7.09. The van der Waals surface area contributed by atoms with Crippen LogP contribution in [0.3, 0.4) is 0 Å². The molecule has 0 saturated carbocycles. The number of amidine groups is 2. The van der Waals surface area contributed by atoms with Crippen molar-refractivity contribution in [2.24, 2.45) is 21.8 Å². The van der Waals surface area contributed by atoms with Gasteiger partial charge in [-0.1, -0.05) is 10.3 Å². The Morgan fingerprint density at radius 1 is 0.657 bits per heavy atom. The van der Waals surface area contributed by atoms with Crippen molar-refractivity contribution in [3.05, 3.63) is 59.7 Å². The lowest BCUT2D eigenvalue weighted by atomic mass is 10.2. The van der Waals surface area contributed by atoms with E-state index in [1.54, 1.807) is 48.5 Å². The molecule has 2 aromatic carbocycles. The first-order valence-electron chi connectivity index (χ1n) is 10.7. The number of benzene rings is 2. The van der Waals surface area contributed by atoms with Crippen LogP contribution < -0.4 is 20.9 Å². The molecule has 0 radical (unpaired) electrons. The molecule has 0 unspecified atom stereocenters. The topological polar surface area (TPSA) is 188 Å². The lowest BCUT2D eigenvalue weighted by Gasteiger charge is -2.09. The molecule has 2 aromatic rings. The van der Waals surface area contributed by atoms with Gasteiger partial charge >= 0.3 is 11.9 Å². The molecule has 0 saturated heterocycles. The molecule has 0 aliphatic heterocycles. The van der Waals surface area contributed by atoms with Crippen molar-refractivity contribution < 1.29 is 39.0 Å². The average molecular weight is 488 g/mol. The third-order valence-electron chi connectivity index (χ3n) is 4.33. The first-order valence-corrected chi connectivity index (χ1v) is 10.7. The predicted molar refractivity (Wildman–Crippen MR) is 126 cm³/mol. The standard InChI is InChI=1S/C23H28N4O8/c24-22(26-34-14-20(28)29)16-4-8-18(9-5-16)32-12-2-1-3-13-33-19-10-6-17(7-11-19)23(25)27-35-15-21(30)31/h4-11H,1-3,12-15H2,(H2,24,26)(H2,25,27)(H,28,29)(H,30,31). The molecule has 0 aliphatic rings. The van der Waals surface area contributed by atoms with Crippen molar-refractivity contribution >= 4 is 23.6 Å². The van der Waals surface area contributed by atoms with Gasteiger partial charge in [0.1, 0.15) is 11.5 Å². The third kappa shape index (κ3) is 10.8. The van der Waals surface area contributed by atoms with Crippen molar-refractivity contribution in [2.45, 2.75) is 19.3 Å². The molecule has 0 aromatic heterocycles. The second kappa shape index (κ2) is 14.6. The van der Waals surface area contributed by atoms with Crippen molar-refractivity contribution in [2.75, 3.05) is 26.4 Å². The van der Waals surface area contributed by atoms with Crippen LogP contribution >= 0.6 is 0 Å². The maximum Gasteiger partial charge on any atom is 0.344 e. The van der Waals surface area contributed by atoms with Crippen molar-refractivity contribution in [1.82, 2.24) is 0 Å². The highest BCUT2D eigenvalue weighted by atomic mass is 16.6. The molecule has 0 bridgehead atoms. The number of carboxylic acids is 2. The molecule has 12 heteroatoms. The van der Waals surface area contributed by atoms with E-state index in [1.807, 2.05) is 0 Å². The van der Waals surface area contributed by atoms with Gasteiger partial charge in [0.15, 0.2) is 11.7 Å².